The molecule has 0 saturated carbocycles. The number of amides is 1. The molecule has 2 aromatic carbocycles. The maximum absolute atomic E-state index is 13.2. The number of unbranched alkanes of at least 4 members (excludes halogenated alkanes) is 2. The Morgan fingerprint density at radius 2 is 1.86 bits per heavy atom. The van der Waals surface area contributed by atoms with E-state index < -0.39 is 17.7 Å². The zero-order valence-electron chi connectivity index (χ0n) is 20.3. The highest BCUT2D eigenvalue weighted by Crippen LogP contribution is 2.44. The van der Waals surface area contributed by atoms with Crippen molar-refractivity contribution in [2.75, 3.05) is 18.6 Å². The number of nitrogens with zero attached hydrogens (tertiary/aromatic N) is 2. The second-order valence-corrected chi connectivity index (χ2v) is 8.87. The fourth-order valence-electron chi connectivity index (χ4n) is 4.12. The van der Waals surface area contributed by atoms with Crippen LogP contribution >= 0.6 is 11.6 Å². The molecular formula is C27H27ClN2O6. The van der Waals surface area contributed by atoms with Crippen LogP contribution in [0.15, 0.2) is 58.6 Å². The Bertz CT molecular complexity index is 1300. The van der Waals surface area contributed by atoms with E-state index in [4.69, 9.17) is 25.6 Å². The summed E-state index contributed by atoms with van der Waals surface area (Å²) in [7, 11) is 1.52. The molecule has 3 aromatic rings. The number of halogens is 1. The van der Waals surface area contributed by atoms with Gasteiger partial charge in [-0.25, -0.2) is 0 Å². The van der Waals surface area contributed by atoms with Crippen LogP contribution in [0.1, 0.15) is 49.1 Å². The van der Waals surface area contributed by atoms with Gasteiger partial charge in [0, 0.05) is 16.7 Å². The molecule has 2 heterocycles. The quantitative estimate of drug-likeness (QED) is 0.167. The fraction of sp³-hybridized carbons (Fsp3) is 0.296. The SMILES string of the molecule is CCCCCOc1ccc([C@H]2/C(=C(\O)c3ccc(Cl)cc3)C(=O)C(=O)N2c2cc(C)on2)cc1OC. The van der Waals surface area contributed by atoms with Crippen LogP contribution in [0.2, 0.25) is 5.02 Å². The minimum absolute atomic E-state index is 0.0818. The summed E-state index contributed by atoms with van der Waals surface area (Å²) in [4.78, 5) is 27.7. The van der Waals surface area contributed by atoms with Gasteiger partial charge in [-0.05, 0) is 55.3 Å². The average Bonchev–Trinajstić information content (AvgIpc) is 3.42. The van der Waals surface area contributed by atoms with Crippen LogP contribution in [-0.2, 0) is 9.59 Å². The number of aryl methyl sites for hydroxylation is 1. The number of aliphatic hydroxyl groups is 1. The van der Waals surface area contributed by atoms with E-state index in [9.17, 15) is 14.7 Å². The molecule has 0 aliphatic carbocycles. The van der Waals surface area contributed by atoms with E-state index >= 15 is 0 Å². The van der Waals surface area contributed by atoms with Crippen LogP contribution in [0.25, 0.3) is 5.76 Å². The molecule has 1 N–H and O–H groups in total. The normalized spacial score (nSPS) is 17.0. The van der Waals surface area contributed by atoms with Crippen molar-refractivity contribution in [2.24, 2.45) is 0 Å². The Morgan fingerprint density at radius 3 is 2.50 bits per heavy atom. The van der Waals surface area contributed by atoms with Crippen molar-refractivity contribution < 1.29 is 28.7 Å². The molecule has 4 rings (SSSR count). The molecule has 36 heavy (non-hydrogen) atoms. The van der Waals surface area contributed by atoms with Gasteiger partial charge in [-0.3, -0.25) is 14.5 Å². The number of carbonyl (C=O) groups excluding carboxylic acids is 2. The third-order valence-electron chi connectivity index (χ3n) is 5.93. The van der Waals surface area contributed by atoms with Crippen molar-refractivity contribution >= 4 is 34.9 Å². The highest BCUT2D eigenvalue weighted by molar-refractivity contribution is 6.51. The van der Waals surface area contributed by atoms with Gasteiger partial charge >= 0.3 is 5.91 Å². The summed E-state index contributed by atoms with van der Waals surface area (Å²) in [6.07, 6.45) is 3.04. The Kier molecular flexibility index (Phi) is 7.64. The summed E-state index contributed by atoms with van der Waals surface area (Å²) in [5.41, 5.74) is 0.798. The molecular weight excluding hydrogens is 484 g/mol. The van der Waals surface area contributed by atoms with Gasteiger partial charge in [0.25, 0.3) is 5.78 Å². The van der Waals surface area contributed by atoms with Gasteiger partial charge < -0.3 is 19.1 Å². The highest BCUT2D eigenvalue weighted by atomic mass is 35.5. The van der Waals surface area contributed by atoms with E-state index in [1.54, 1.807) is 55.5 Å². The molecule has 1 saturated heterocycles. The first-order chi connectivity index (χ1) is 17.3. The third kappa shape index (κ3) is 4.95. The Labute approximate surface area is 214 Å². The van der Waals surface area contributed by atoms with E-state index in [-0.39, 0.29) is 17.2 Å². The van der Waals surface area contributed by atoms with Crippen molar-refractivity contribution in [3.8, 4) is 11.5 Å². The van der Waals surface area contributed by atoms with Crippen LogP contribution in [-0.4, -0.2) is 35.7 Å². The van der Waals surface area contributed by atoms with Gasteiger partial charge in [-0.1, -0.05) is 42.6 Å². The first-order valence-electron chi connectivity index (χ1n) is 11.7. The summed E-state index contributed by atoms with van der Waals surface area (Å²) in [6.45, 7) is 4.34. The lowest BCUT2D eigenvalue weighted by atomic mass is 9.95. The highest BCUT2D eigenvalue weighted by Gasteiger charge is 2.48. The van der Waals surface area contributed by atoms with Gasteiger partial charge in [0.15, 0.2) is 17.3 Å². The van der Waals surface area contributed by atoms with Gasteiger partial charge in [-0.15, -0.1) is 0 Å². The number of methoxy groups -OCH3 is 1. The molecule has 0 spiro atoms. The number of hydrogen-bond donors (Lipinski definition) is 1. The van der Waals surface area contributed by atoms with Crippen molar-refractivity contribution in [1.29, 1.82) is 0 Å². The first kappa shape index (κ1) is 25.3. The van der Waals surface area contributed by atoms with Gasteiger partial charge in [0.1, 0.15) is 11.5 Å². The molecule has 8 nitrogen and oxygen atoms in total. The Morgan fingerprint density at radius 1 is 1.11 bits per heavy atom. The topological polar surface area (TPSA) is 102 Å². The number of carbonyl (C=O) groups is 2. The number of rotatable bonds is 9. The van der Waals surface area contributed by atoms with Crippen molar-refractivity contribution in [2.45, 2.75) is 39.2 Å². The predicted molar refractivity (Wildman–Crippen MR) is 135 cm³/mol. The number of ether oxygens (including phenoxy) is 2. The summed E-state index contributed by atoms with van der Waals surface area (Å²) in [6, 6.07) is 12.1. The van der Waals surface area contributed by atoms with Crippen molar-refractivity contribution in [3.05, 3.63) is 76.0 Å². The lowest BCUT2D eigenvalue weighted by molar-refractivity contribution is -0.132. The molecule has 0 bridgehead atoms. The molecule has 188 valence electrons. The number of hydrogen-bond acceptors (Lipinski definition) is 7. The monoisotopic (exact) mass is 510 g/mol. The van der Waals surface area contributed by atoms with E-state index in [0.29, 0.717) is 40.0 Å². The minimum atomic E-state index is -0.979. The summed E-state index contributed by atoms with van der Waals surface area (Å²) >= 11 is 5.99. The summed E-state index contributed by atoms with van der Waals surface area (Å²) in [5, 5.41) is 15.6. The zero-order valence-corrected chi connectivity index (χ0v) is 21.0. The molecule has 1 atom stereocenters. The molecule has 0 unspecified atom stereocenters. The van der Waals surface area contributed by atoms with Gasteiger partial charge in [0.05, 0.1) is 25.3 Å². The lowest BCUT2D eigenvalue weighted by Crippen LogP contribution is -2.29. The van der Waals surface area contributed by atoms with Crippen LogP contribution in [0.3, 0.4) is 0 Å². The molecule has 1 aliphatic rings. The molecule has 1 amide bonds. The number of ketones is 1. The van der Waals surface area contributed by atoms with E-state index in [2.05, 4.69) is 12.1 Å². The second-order valence-electron chi connectivity index (χ2n) is 8.44. The van der Waals surface area contributed by atoms with Crippen molar-refractivity contribution in [3.63, 3.8) is 0 Å². The van der Waals surface area contributed by atoms with Crippen LogP contribution in [0.4, 0.5) is 5.82 Å². The van der Waals surface area contributed by atoms with E-state index in [1.165, 1.54) is 12.0 Å². The molecule has 9 heteroatoms. The molecule has 1 fully saturated rings. The lowest BCUT2D eigenvalue weighted by Gasteiger charge is -2.23. The standard InChI is InChI=1S/C27H27ClN2O6/c1-4-5-6-13-35-20-12-9-18(15-21(20)34-3)24-23(25(31)17-7-10-19(28)11-8-17)26(32)27(33)30(24)22-14-16(2)36-29-22/h7-12,14-15,24,31H,4-6,13H2,1-3H3/b25-23+/t24-/m0/s1. The minimum Gasteiger partial charge on any atom is -0.507 e. The maximum atomic E-state index is 13.2. The maximum Gasteiger partial charge on any atom is 0.301 e. The fourth-order valence-corrected chi connectivity index (χ4v) is 4.25. The Hall–Kier alpha value is -3.78. The molecule has 1 aromatic heterocycles. The molecule has 1 aliphatic heterocycles. The number of benzene rings is 2. The van der Waals surface area contributed by atoms with Gasteiger partial charge in [0.2, 0.25) is 0 Å². The zero-order chi connectivity index (χ0) is 25.8. The van der Waals surface area contributed by atoms with E-state index in [0.717, 1.165) is 19.3 Å². The number of anilines is 1. The smallest absolute Gasteiger partial charge is 0.301 e. The first-order valence-corrected chi connectivity index (χ1v) is 12.0. The van der Waals surface area contributed by atoms with Crippen molar-refractivity contribution in [1.82, 2.24) is 5.16 Å². The predicted octanol–water partition coefficient (Wildman–Crippen LogP) is 5.84. The third-order valence-corrected chi connectivity index (χ3v) is 6.19. The summed E-state index contributed by atoms with van der Waals surface area (Å²) < 4.78 is 16.6. The van der Waals surface area contributed by atoms with Crippen LogP contribution in [0.5, 0.6) is 11.5 Å². The van der Waals surface area contributed by atoms with Crippen LogP contribution in [0, 0.1) is 6.92 Å². The molecule has 0 radical (unpaired) electrons. The second kappa shape index (κ2) is 10.9. The van der Waals surface area contributed by atoms with Crippen LogP contribution < -0.4 is 14.4 Å². The number of aromatic nitrogens is 1. The average molecular weight is 511 g/mol. The number of aliphatic hydroxyl groups excluding tert-OH is 1. The van der Waals surface area contributed by atoms with E-state index in [1.807, 2.05) is 0 Å². The Balaban J connectivity index is 1.83. The summed E-state index contributed by atoms with van der Waals surface area (Å²) in [5.74, 6) is -0.377. The largest absolute Gasteiger partial charge is 0.507 e. The van der Waals surface area contributed by atoms with Gasteiger partial charge in [-0.2, -0.15) is 0 Å². The number of Topliss-reactive ketones (excluding diaryl/α,β-unsaturated/α-hetero) is 1.